The quantitative estimate of drug-likeness (QED) is 0.386. The molecule has 0 spiro atoms. The third-order valence-electron chi connectivity index (χ3n) is 7.03. The smallest absolute Gasteiger partial charge is 0.334 e. The van der Waals surface area contributed by atoms with Gasteiger partial charge in [0.15, 0.2) is 0 Å². The molecule has 38 heavy (non-hydrogen) atoms. The number of nitrogens with one attached hydrogen (secondary N) is 1. The Morgan fingerprint density at radius 2 is 2.24 bits per heavy atom. The topological polar surface area (TPSA) is 102 Å². The Bertz CT molecular complexity index is 1660. The number of H-pyrrole nitrogens is 1. The number of likely N-dealkylation sites (tertiary alicyclic amines) is 1. The normalized spacial score (nSPS) is 22.5. The van der Waals surface area contributed by atoms with Gasteiger partial charge in [0, 0.05) is 24.8 Å². The number of aromatic nitrogens is 6. The second-order valence-electron chi connectivity index (χ2n) is 9.33. The molecular weight excluding hydrogens is 503 g/mol. The molecule has 5 heterocycles. The van der Waals surface area contributed by atoms with Gasteiger partial charge in [0.05, 0.1) is 20.0 Å². The van der Waals surface area contributed by atoms with Gasteiger partial charge in [0.2, 0.25) is 11.5 Å². The highest BCUT2D eigenvalue weighted by atomic mass is 19.3. The Hall–Kier alpha value is -3.96. The molecule has 2 aliphatic rings. The average molecular weight is 529 g/mol. The molecule has 0 bridgehead atoms. The molecule has 4 aromatic rings. The molecule has 0 aliphatic carbocycles. The summed E-state index contributed by atoms with van der Waals surface area (Å²) < 4.78 is 63.0. The molecule has 6 rings (SSSR count). The Balaban J connectivity index is 1.36. The van der Waals surface area contributed by atoms with Crippen molar-refractivity contribution in [3.05, 3.63) is 47.5 Å². The third-order valence-corrected chi connectivity index (χ3v) is 7.03. The summed E-state index contributed by atoms with van der Waals surface area (Å²) in [5.41, 5.74) is 1.82. The molecule has 2 aliphatic heterocycles. The van der Waals surface area contributed by atoms with Crippen LogP contribution in [0.3, 0.4) is 0 Å². The van der Waals surface area contributed by atoms with Gasteiger partial charge in [-0.3, -0.25) is 14.5 Å². The first kappa shape index (κ1) is 23.2. The highest BCUT2D eigenvalue weighted by Gasteiger charge is 2.53. The maximum Gasteiger partial charge on any atom is 0.334 e. The number of aromatic amines is 1. The monoisotopic (exact) mass is 528 g/mol. The van der Waals surface area contributed by atoms with Crippen LogP contribution in [0.5, 0.6) is 5.88 Å². The molecule has 3 aromatic heterocycles. The number of hydrogen-bond donors (Lipinski definition) is 1. The lowest BCUT2D eigenvalue weighted by Gasteiger charge is -2.43. The molecule has 1 N–H and O–H groups in total. The minimum absolute atomic E-state index is 0.0621. The predicted molar refractivity (Wildman–Crippen MR) is 129 cm³/mol. The number of piperidine rings is 1. The van der Waals surface area contributed by atoms with Gasteiger partial charge in [-0.25, -0.2) is 34.3 Å². The van der Waals surface area contributed by atoms with Crippen LogP contribution in [0.2, 0.25) is 0 Å². The van der Waals surface area contributed by atoms with E-state index in [-0.39, 0.29) is 37.4 Å². The number of methoxy groups -OCH3 is 1. The number of nitrogens with zero attached hydrogens (tertiary/aromatic N) is 8. The van der Waals surface area contributed by atoms with E-state index in [1.165, 1.54) is 11.6 Å². The van der Waals surface area contributed by atoms with Crippen LogP contribution in [0.1, 0.15) is 7.79 Å². The highest BCUT2D eigenvalue weighted by molar-refractivity contribution is 5.89. The van der Waals surface area contributed by atoms with Crippen LogP contribution in [0, 0.1) is 6.57 Å². The molecule has 2 fully saturated rings. The van der Waals surface area contributed by atoms with Gasteiger partial charge in [-0.15, -0.1) is 5.10 Å². The van der Waals surface area contributed by atoms with E-state index in [0.29, 0.717) is 40.6 Å². The minimum Gasteiger partial charge on any atom is -0.479 e. The van der Waals surface area contributed by atoms with Crippen molar-refractivity contribution >= 4 is 16.6 Å². The second-order valence-corrected chi connectivity index (χ2v) is 9.33. The summed E-state index contributed by atoms with van der Waals surface area (Å²) in [5.74, 6) is 0.159. The number of rotatable bonds is 6. The van der Waals surface area contributed by atoms with E-state index < -0.39 is 30.8 Å². The van der Waals surface area contributed by atoms with Gasteiger partial charge in [-0.2, -0.15) is 4.98 Å². The van der Waals surface area contributed by atoms with Crippen molar-refractivity contribution < 1.29 is 24.0 Å². The molecule has 1 aromatic carbocycles. The molecule has 0 saturated carbocycles. The molecule has 0 unspecified atom stereocenters. The molecular formula is C24H24F3N9O2. The summed E-state index contributed by atoms with van der Waals surface area (Å²) in [4.78, 5) is 14.4. The zero-order chi connectivity index (χ0) is 27.3. The Morgan fingerprint density at radius 1 is 1.39 bits per heavy atom. The lowest BCUT2D eigenvalue weighted by atomic mass is 9.98. The second kappa shape index (κ2) is 9.41. The van der Waals surface area contributed by atoms with Gasteiger partial charge in [0.1, 0.15) is 37.0 Å². The largest absolute Gasteiger partial charge is 0.479 e. The Kier molecular flexibility index (Phi) is 5.74. The lowest BCUT2D eigenvalue weighted by Crippen LogP contribution is -2.64. The summed E-state index contributed by atoms with van der Waals surface area (Å²) in [6, 6.07) is 5.99. The predicted octanol–water partition coefficient (Wildman–Crippen LogP) is 2.31. The van der Waals surface area contributed by atoms with Crippen molar-refractivity contribution in [2.24, 2.45) is 4.99 Å². The van der Waals surface area contributed by atoms with Crippen LogP contribution < -0.4 is 10.4 Å². The first-order valence-corrected chi connectivity index (χ1v) is 12.0. The fourth-order valence-electron chi connectivity index (χ4n) is 4.95. The SMILES string of the molecule is [2H]c1cc(-c2ccc3nnn(CC(F)F)c3c2)c2c(OC)nc(=N[C@H]3CCN(C4([N+]#[C-])COC4)C[C@H]3F)[nH]n12. The van der Waals surface area contributed by atoms with Crippen molar-refractivity contribution in [2.75, 3.05) is 33.4 Å². The van der Waals surface area contributed by atoms with E-state index in [9.17, 15) is 8.78 Å². The number of ether oxygens (including phenoxy) is 2. The Morgan fingerprint density at radius 3 is 2.92 bits per heavy atom. The number of hydrogen-bond acceptors (Lipinski definition) is 7. The molecule has 14 heteroatoms. The number of fused-ring (bicyclic) bond motifs is 2. The van der Waals surface area contributed by atoms with E-state index in [0.717, 1.165) is 4.68 Å². The van der Waals surface area contributed by atoms with Crippen LogP contribution in [-0.4, -0.2) is 92.2 Å². The fourth-order valence-corrected chi connectivity index (χ4v) is 4.95. The van der Waals surface area contributed by atoms with Crippen LogP contribution in [0.25, 0.3) is 32.5 Å². The van der Waals surface area contributed by atoms with Gasteiger partial charge in [-0.1, -0.05) is 11.3 Å². The van der Waals surface area contributed by atoms with Gasteiger partial charge in [-0.05, 0) is 30.2 Å². The third kappa shape index (κ3) is 4.07. The summed E-state index contributed by atoms with van der Waals surface area (Å²) in [6.45, 7) is 8.00. The van der Waals surface area contributed by atoms with Gasteiger partial charge >= 0.3 is 5.66 Å². The summed E-state index contributed by atoms with van der Waals surface area (Å²) in [5, 5.41) is 10.7. The molecule has 11 nitrogen and oxygen atoms in total. The zero-order valence-electron chi connectivity index (χ0n) is 21.3. The summed E-state index contributed by atoms with van der Waals surface area (Å²) >= 11 is 0. The maximum absolute atomic E-state index is 15.2. The minimum atomic E-state index is -2.59. The van der Waals surface area contributed by atoms with E-state index >= 15 is 4.39 Å². The van der Waals surface area contributed by atoms with E-state index in [1.54, 1.807) is 24.3 Å². The van der Waals surface area contributed by atoms with Crippen molar-refractivity contribution in [3.8, 4) is 17.0 Å². The van der Waals surface area contributed by atoms with Crippen LogP contribution in [0.15, 0.2) is 35.4 Å². The van der Waals surface area contributed by atoms with E-state index in [2.05, 4.69) is 30.2 Å². The lowest BCUT2D eigenvalue weighted by molar-refractivity contribution is -0.127. The standard InChI is InChI=1S/C24H24F3N9O2/c1-28-24(12-38-13-24)34-7-6-17(16(25)10-34)29-23-30-22(37-2)21-15(5-8-35(21)32-23)14-3-4-18-19(9-14)36(33-31-18)11-20(26)27/h3-5,8-9,16-17,20H,6-7,10-13H2,2H3,(H,29,32)/t16-,17+/m1/s1/i8D. The zero-order valence-corrected chi connectivity index (χ0v) is 20.3. The maximum atomic E-state index is 15.2. The first-order chi connectivity index (χ1) is 18.8. The highest BCUT2D eigenvalue weighted by Crippen LogP contribution is 2.33. The number of halogens is 3. The van der Waals surface area contributed by atoms with Crippen LogP contribution >= 0.6 is 0 Å². The molecule has 0 amide bonds. The van der Waals surface area contributed by atoms with Crippen molar-refractivity contribution in [2.45, 2.75) is 37.3 Å². The summed E-state index contributed by atoms with van der Waals surface area (Å²) in [7, 11) is 1.43. The summed E-state index contributed by atoms with van der Waals surface area (Å²) in [6.07, 6.45) is -3.46. The number of alkyl halides is 3. The van der Waals surface area contributed by atoms with E-state index in [4.69, 9.17) is 17.4 Å². The van der Waals surface area contributed by atoms with E-state index in [1.807, 2.05) is 4.90 Å². The van der Waals surface area contributed by atoms with Crippen molar-refractivity contribution in [1.82, 2.24) is 34.5 Å². The van der Waals surface area contributed by atoms with Crippen LogP contribution in [0.4, 0.5) is 13.2 Å². The first-order valence-electron chi connectivity index (χ1n) is 12.5. The molecule has 0 radical (unpaired) electrons. The average Bonchev–Trinajstić information content (AvgIpc) is 3.44. The molecule has 2 saturated heterocycles. The van der Waals surface area contributed by atoms with Crippen molar-refractivity contribution in [1.29, 1.82) is 0 Å². The van der Waals surface area contributed by atoms with Crippen LogP contribution in [-0.2, 0) is 11.3 Å². The van der Waals surface area contributed by atoms with Gasteiger partial charge in [0.25, 0.3) is 6.43 Å². The molecule has 2 atom stereocenters. The van der Waals surface area contributed by atoms with Crippen molar-refractivity contribution in [3.63, 3.8) is 0 Å². The fraction of sp³-hybridized carbons (Fsp3) is 0.458. The Labute approximate surface area is 215 Å². The number of benzene rings is 1. The molecule has 198 valence electrons. The van der Waals surface area contributed by atoms with Gasteiger partial charge < -0.3 is 9.47 Å².